The minimum atomic E-state index is 0.648. The van der Waals surface area contributed by atoms with Gasteiger partial charge in [0, 0.05) is 6.07 Å². The van der Waals surface area contributed by atoms with E-state index in [9.17, 15) is 0 Å². The Hall–Kier alpha value is -2.28. The van der Waals surface area contributed by atoms with Crippen LogP contribution in [0.25, 0.3) is 5.69 Å². The van der Waals surface area contributed by atoms with Gasteiger partial charge in [0.15, 0.2) is 5.16 Å². The fourth-order valence-electron chi connectivity index (χ4n) is 1.94. The molecule has 3 rings (SSSR count). The zero-order valence-corrected chi connectivity index (χ0v) is 12.5. The van der Waals surface area contributed by atoms with Crippen molar-refractivity contribution in [3.8, 4) is 11.4 Å². The van der Waals surface area contributed by atoms with Gasteiger partial charge in [-0.05, 0) is 19.1 Å². The first-order valence-corrected chi connectivity index (χ1v) is 7.35. The van der Waals surface area contributed by atoms with E-state index in [4.69, 9.17) is 9.26 Å². The smallest absolute Gasteiger partial charge is 0.196 e. The van der Waals surface area contributed by atoms with Crippen LogP contribution in [0.1, 0.15) is 11.5 Å². The molecule has 0 unspecified atom stereocenters. The van der Waals surface area contributed by atoms with Gasteiger partial charge >= 0.3 is 0 Å². The third kappa shape index (κ3) is 2.92. The second kappa shape index (κ2) is 6.01. The van der Waals surface area contributed by atoms with Crippen LogP contribution in [0.2, 0.25) is 0 Å². The van der Waals surface area contributed by atoms with Gasteiger partial charge < -0.3 is 9.26 Å². The Balaban J connectivity index is 1.83. The van der Waals surface area contributed by atoms with Crippen LogP contribution < -0.4 is 4.74 Å². The molecule has 2 aromatic heterocycles. The van der Waals surface area contributed by atoms with Gasteiger partial charge in [-0.15, -0.1) is 10.2 Å². The standard InChI is InChI=1S/C14H14N4O2S/c1-10-7-11(20-17-10)8-21-14-16-15-9-18(14)12-5-3-4-6-13(12)19-2/h3-7,9H,8H2,1-2H3. The van der Waals surface area contributed by atoms with Gasteiger partial charge in [0.05, 0.1) is 24.2 Å². The summed E-state index contributed by atoms with van der Waals surface area (Å²) in [4.78, 5) is 0. The summed E-state index contributed by atoms with van der Waals surface area (Å²) in [7, 11) is 1.65. The molecule has 0 fully saturated rings. The number of aryl methyl sites for hydroxylation is 1. The topological polar surface area (TPSA) is 66.0 Å². The van der Waals surface area contributed by atoms with Gasteiger partial charge in [-0.3, -0.25) is 4.57 Å². The molecule has 0 saturated heterocycles. The molecule has 0 spiro atoms. The maximum absolute atomic E-state index is 5.38. The number of aromatic nitrogens is 4. The molecule has 1 aromatic carbocycles. The van der Waals surface area contributed by atoms with Crippen molar-refractivity contribution in [2.24, 2.45) is 0 Å². The molecule has 0 aliphatic carbocycles. The van der Waals surface area contributed by atoms with E-state index in [2.05, 4.69) is 15.4 Å². The van der Waals surface area contributed by atoms with Crippen LogP contribution in [-0.2, 0) is 5.75 Å². The molecule has 0 amide bonds. The average molecular weight is 302 g/mol. The van der Waals surface area contributed by atoms with E-state index in [1.807, 2.05) is 41.8 Å². The minimum Gasteiger partial charge on any atom is -0.495 e. The summed E-state index contributed by atoms with van der Waals surface area (Å²) >= 11 is 1.53. The maximum atomic E-state index is 5.38. The van der Waals surface area contributed by atoms with Crippen molar-refractivity contribution in [1.82, 2.24) is 19.9 Å². The zero-order chi connectivity index (χ0) is 14.7. The Morgan fingerprint density at radius 2 is 2.19 bits per heavy atom. The van der Waals surface area contributed by atoms with Crippen molar-refractivity contribution >= 4 is 11.8 Å². The highest BCUT2D eigenvalue weighted by atomic mass is 32.2. The van der Waals surface area contributed by atoms with Gasteiger partial charge in [-0.25, -0.2) is 0 Å². The van der Waals surface area contributed by atoms with Crippen molar-refractivity contribution in [3.05, 3.63) is 48.1 Å². The molecule has 2 heterocycles. The van der Waals surface area contributed by atoms with E-state index in [0.29, 0.717) is 5.75 Å². The van der Waals surface area contributed by atoms with E-state index >= 15 is 0 Å². The summed E-state index contributed by atoms with van der Waals surface area (Å²) in [5.41, 5.74) is 1.78. The highest BCUT2D eigenvalue weighted by Crippen LogP contribution is 2.28. The van der Waals surface area contributed by atoms with Crippen LogP contribution in [0.3, 0.4) is 0 Å². The molecular weight excluding hydrogens is 288 g/mol. The summed E-state index contributed by atoms with van der Waals surface area (Å²) in [5.74, 6) is 2.23. The van der Waals surface area contributed by atoms with Gasteiger partial charge in [0.1, 0.15) is 17.8 Å². The van der Waals surface area contributed by atoms with E-state index in [-0.39, 0.29) is 0 Å². The number of hydrogen-bond acceptors (Lipinski definition) is 6. The molecule has 0 radical (unpaired) electrons. The zero-order valence-electron chi connectivity index (χ0n) is 11.7. The van der Waals surface area contributed by atoms with Crippen molar-refractivity contribution in [3.63, 3.8) is 0 Å². The lowest BCUT2D eigenvalue weighted by Crippen LogP contribution is -1.98. The Bertz CT molecular complexity index is 738. The van der Waals surface area contributed by atoms with Crippen molar-refractivity contribution in [2.75, 3.05) is 7.11 Å². The second-order valence-corrected chi connectivity index (χ2v) is 5.32. The lowest BCUT2D eigenvalue weighted by atomic mass is 10.3. The Morgan fingerprint density at radius 1 is 1.33 bits per heavy atom. The lowest BCUT2D eigenvalue weighted by molar-refractivity contribution is 0.391. The number of methoxy groups -OCH3 is 1. The quantitative estimate of drug-likeness (QED) is 0.675. The Kier molecular flexibility index (Phi) is 3.92. The summed E-state index contributed by atoms with van der Waals surface area (Å²) < 4.78 is 12.5. The molecular formula is C14H14N4O2S. The molecule has 108 valence electrons. The molecule has 6 nitrogen and oxygen atoms in total. The highest BCUT2D eigenvalue weighted by molar-refractivity contribution is 7.98. The fourth-order valence-corrected chi connectivity index (χ4v) is 2.73. The predicted octanol–water partition coefficient (Wildman–Crippen LogP) is 2.86. The third-order valence-corrected chi connectivity index (χ3v) is 3.85. The van der Waals surface area contributed by atoms with Crippen molar-refractivity contribution in [2.45, 2.75) is 17.8 Å². The number of nitrogens with zero attached hydrogens (tertiary/aromatic N) is 4. The molecule has 0 saturated carbocycles. The van der Waals surface area contributed by atoms with Crippen LogP contribution in [0.15, 0.2) is 46.3 Å². The van der Waals surface area contributed by atoms with Crippen LogP contribution in [0, 0.1) is 6.92 Å². The lowest BCUT2D eigenvalue weighted by Gasteiger charge is -2.10. The first kappa shape index (κ1) is 13.7. The number of benzene rings is 1. The Labute approximate surface area is 126 Å². The normalized spacial score (nSPS) is 10.8. The third-order valence-electron chi connectivity index (χ3n) is 2.88. The summed E-state index contributed by atoms with van der Waals surface area (Å²) in [6.07, 6.45) is 1.67. The largest absolute Gasteiger partial charge is 0.495 e. The number of hydrogen-bond donors (Lipinski definition) is 0. The number of thioether (sulfide) groups is 1. The predicted molar refractivity (Wildman–Crippen MR) is 78.7 cm³/mol. The highest BCUT2D eigenvalue weighted by Gasteiger charge is 2.12. The summed E-state index contributed by atoms with van der Waals surface area (Å²) in [6.45, 7) is 1.90. The van der Waals surface area contributed by atoms with Crippen molar-refractivity contribution < 1.29 is 9.26 Å². The van der Waals surface area contributed by atoms with Gasteiger partial charge in [-0.2, -0.15) is 0 Å². The van der Waals surface area contributed by atoms with E-state index in [1.165, 1.54) is 11.8 Å². The number of ether oxygens (including phenoxy) is 1. The molecule has 0 N–H and O–H groups in total. The van der Waals surface area contributed by atoms with Gasteiger partial charge in [-0.1, -0.05) is 29.1 Å². The van der Waals surface area contributed by atoms with Crippen molar-refractivity contribution in [1.29, 1.82) is 0 Å². The molecule has 21 heavy (non-hydrogen) atoms. The molecule has 0 aliphatic rings. The Morgan fingerprint density at radius 3 is 2.95 bits per heavy atom. The SMILES string of the molecule is COc1ccccc1-n1cnnc1SCc1cc(C)no1. The molecule has 7 heteroatoms. The molecule has 3 aromatic rings. The van der Waals surface area contributed by atoms with Gasteiger partial charge in [0.25, 0.3) is 0 Å². The van der Waals surface area contributed by atoms with Gasteiger partial charge in [0.2, 0.25) is 0 Å². The van der Waals surface area contributed by atoms with E-state index in [0.717, 1.165) is 28.0 Å². The maximum Gasteiger partial charge on any atom is 0.196 e. The second-order valence-electron chi connectivity index (χ2n) is 4.38. The van der Waals surface area contributed by atoms with Crippen LogP contribution in [0.4, 0.5) is 0 Å². The first-order valence-electron chi connectivity index (χ1n) is 6.36. The number of rotatable bonds is 5. The average Bonchev–Trinajstić information content (AvgIpc) is 3.13. The first-order chi connectivity index (χ1) is 10.3. The van der Waals surface area contributed by atoms with Crippen LogP contribution in [0.5, 0.6) is 5.75 Å². The monoisotopic (exact) mass is 302 g/mol. The minimum absolute atomic E-state index is 0.648. The molecule has 0 aliphatic heterocycles. The summed E-state index contributed by atoms with van der Waals surface area (Å²) in [6, 6.07) is 9.66. The number of para-hydroxylation sites is 2. The van der Waals surface area contributed by atoms with Crippen LogP contribution in [-0.4, -0.2) is 27.0 Å². The van der Waals surface area contributed by atoms with E-state index < -0.39 is 0 Å². The van der Waals surface area contributed by atoms with Crippen LogP contribution >= 0.6 is 11.8 Å². The summed E-state index contributed by atoms with van der Waals surface area (Å²) in [5, 5.41) is 12.8. The molecule has 0 atom stereocenters. The fraction of sp³-hybridized carbons (Fsp3) is 0.214. The molecule has 0 bridgehead atoms. The van der Waals surface area contributed by atoms with E-state index in [1.54, 1.807) is 13.4 Å².